The van der Waals surface area contributed by atoms with Gasteiger partial charge in [0.05, 0.1) is 5.92 Å². The number of hydrogen-bond acceptors (Lipinski definition) is 4. The molecule has 1 aromatic heterocycles. The molecule has 1 heterocycles. The van der Waals surface area contributed by atoms with Crippen molar-refractivity contribution >= 4 is 0 Å². The molecule has 0 aliphatic heterocycles. The third-order valence-corrected chi connectivity index (χ3v) is 5.69. The summed E-state index contributed by atoms with van der Waals surface area (Å²) in [6, 6.07) is 0.249. The second-order valence-corrected chi connectivity index (χ2v) is 6.76. The molecule has 3 aliphatic rings. The van der Waals surface area contributed by atoms with E-state index in [2.05, 4.69) is 5.16 Å². The Balaban J connectivity index is 1.54. The maximum Gasteiger partial charge on any atom is 0.231 e. The van der Waals surface area contributed by atoms with E-state index in [4.69, 9.17) is 15.2 Å². The smallest absolute Gasteiger partial charge is 0.231 e. The molecular weight excluding hydrogens is 238 g/mol. The molecule has 4 rings (SSSR count). The van der Waals surface area contributed by atoms with Crippen molar-refractivity contribution in [1.82, 2.24) is 10.1 Å². The second-order valence-electron chi connectivity index (χ2n) is 6.76. The van der Waals surface area contributed by atoms with Gasteiger partial charge in [-0.2, -0.15) is 4.98 Å². The van der Waals surface area contributed by atoms with Crippen LogP contribution in [0.25, 0.3) is 0 Å². The Hall–Kier alpha value is -0.900. The fourth-order valence-electron chi connectivity index (χ4n) is 4.61. The van der Waals surface area contributed by atoms with Gasteiger partial charge < -0.3 is 10.3 Å². The summed E-state index contributed by atoms with van der Waals surface area (Å²) in [5.41, 5.74) is 6.36. The van der Waals surface area contributed by atoms with Crippen molar-refractivity contribution in [2.45, 2.75) is 69.2 Å². The number of nitrogens with two attached hydrogens (primary N) is 1. The molecule has 19 heavy (non-hydrogen) atoms. The molecule has 2 N–H and O–H groups in total. The molecule has 3 fully saturated rings. The summed E-state index contributed by atoms with van der Waals surface area (Å²) in [6.45, 7) is 0. The highest BCUT2D eigenvalue weighted by atomic mass is 16.5. The normalized spacial score (nSPS) is 39.0. The van der Waals surface area contributed by atoms with Crippen molar-refractivity contribution in [2.75, 3.05) is 0 Å². The van der Waals surface area contributed by atoms with E-state index in [0.29, 0.717) is 23.7 Å². The number of fused-ring (bicyclic) bond motifs is 2. The zero-order chi connectivity index (χ0) is 12.8. The van der Waals surface area contributed by atoms with E-state index >= 15 is 0 Å². The number of hydrogen-bond donors (Lipinski definition) is 1. The van der Waals surface area contributed by atoms with E-state index in [9.17, 15) is 0 Å². The third kappa shape index (κ3) is 1.92. The Morgan fingerprint density at radius 1 is 1.00 bits per heavy atom. The van der Waals surface area contributed by atoms with E-state index in [-0.39, 0.29) is 6.04 Å². The molecule has 4 atom stereocenters. The lowest BCUT2D eigenvalue weighted by Crippen LogP contribution is -2.34. The Morgan fingerprint density at radius 2 is 1.79 bits per heavy atom. The quantitative estimate of drug-likeness (QED) is 0.889. The Labute approximate surface area is 114 Å². The molecule has 0 radical (unpaired) electrons. The number of nitrogens with zero attached hydrogens (tertiary/aromatic N) is 2. The lowest BCUT2D eigenvalue weighted by molar-refractivity contribution is 0.277. The molecule has 104 valence electrons. The van der Waals surface area contributed by atoms with Crippen LogP contribution < -0.4 is 5.73 Å². The van der Waals surface area contributed by atoms with E-state index in [1.165, 1.54) is 51.4 Å². The van der Waals surface area contributed by atoms with Crippen LogP contribution in [-0.2, 0) is 0 Å². The molecule has 4 heteroatoms. The highest BCUT2D eigenvalue weighted by Gasteiger charge is 2.49. The lowest BCUT2D eigenvalue weighted by atomic mass is 9.85. The van der Waals surface area contributed by atoms with Gasteiger partial charge >= 0.3 is 0 Å². The van der Waals surface area contributed by atoms with E-state index in [1.54, 1.807) is 0 Å². The molecule has 0 saturated heterocycles. The van der Waals surface area contributed by atoms with E-state index < -0.39 is 0 Å². The SMILES string of the molecule is NC1C2CCC(C2)C1c1nc(C2CCCCC2)no1. The van der Waals surface area contributed by atoms with Crippen LogP contribution in [0, 0.1) is 11.8 Å². The topological polar surface area (TPSA) is 64.9 Å². The average molecular weight is 261 g/mol. The van der Waals surface area contributed by atoms with Gasteiger partial charge in [-0.05, 0) is 43.9 Å². The first kappa shape index (κ1) is 11.9. The maximum atomic E-state index is 6.36. The van der Waals surface area contributed by atoms with Crippen LogP contribution in [0.2, 0.25) is 0 Å². The summed E-state index contributed by atoms with van der Waals surface area (Å²) in [5, 5.41) is 4.26. The molecular formula is C15H23N3O. The fraction of sp³-hybridized carbons (Fsp3) is 0.867. The Kier molecular flexibility index (Phi) is 2.87. The maximum absolute atomic E-state index is 6.36. The van der Waals surface area contributed by atoms with Crippen LogP contribution in [0.4, 0.5) is 0 Å². The molecule has 3 aliphatic carbocycles. The largest absolute Gasteiger partial charge is 0.339 e. The minimum atomic E-state index is 0.249. The molecule has 0 spiro atoms. The van der Waals surface area contributed by atoms with Crippen molar-refractivity contribution < 1.29 is 4.52 Å². The highest BCUT2D eigenvalue weighted by Crippen LogP contribution is 2.51. The van der Waals surface area contributed by atoms with Crippen LogP contribution in [0.1, 0.15) is 74.9 Å². The molecule has 1 aromatic rings. The Morgan fingerprint density at radius 3 is 2.53 bits per heavy atom. The van der Waals surface area contributed by atoms with Crippen molar-refractivity contribution in [2.24, 2.45) is 17.6 Å². The fourth-order valence-corrected chi connectivity index (χ4v) is 4.61. The van der Waals surface area contributed by atoms with Crippen LogP contribution in [-0.4, -0.2) is 16.2 Å². The van der Waals surface area contributed by atoms with Gasteiger partial charge in [0, 0.05) is 12.0 Å². The molecule has 4 unspecified atom stereocenters. The molecule has 2 bridgehead atoms. The predicted octanol–water partition coefficient (Wildman–Crippen LogP) is 2.96. The standard InChI is InChI=1S/C15H23N3O/c16-13-11-7-6-10(8-11)12(13)15-17-14(18-19-15)9-4-2-1-3-5-9/h9-13H,1-8,16H2. The van der Waals surface area contributed by atoms with Gasteiger partial charge in [0.15, 0.2) is 5.82 Å². The van der Waals surface area contributed by atoms with Crippen molar-refractivity contribution in [3.05, 3.63) is 11.7 Å². The van der Waals surface area contributed by atoms with Gasteiger partial charge in [0.2, 0.25) is 5.89 Å². The molecule has 0 amide bonds. The van der Waals surface area contributed by atoms with Gasteiger partial charge in [0.1, 0.15) is 0 Å². The predicted molar refractivity (Wildman–Crippen MR) is 71.7 cm³/mol. The number of rotatable bonds is 2. The van der Waals surface area contributed by atoms with Gasteiger partial charge in [-0.25, -0.2) is 0 Å². The molecule has 4 nitrogen and oxygen atoms in total. The summed E-state index contributed by atoms with van der Waals surface area (Å²) >= 11 is 0. The van der Waals surface area contributed by atoms with E-state index in [0.717, 1.165) is 11.7 Å². The summed E-state index contributed by atoms with van der Waals surface area (Å²) < 4.78 is 5.58. The van der Waals surface area contributed by atoms with Crippen LogP contribution in [0.5, 0.6) is 0 Å². The number of aromatic nitrogens is 2. The van der Waals surface area contributed by atoms with Crippen LogP contribution in [0.15, 0.2) is 4.52 Å². The summed E-state index contributed by atoms with van der Waals surface area (Å²) in [6.07, 6.45) is 10.3. The summed E-state index contributed by atoms with van der Waals surface area (Å²) in [4.78, 5) is 4.73. The first-order valence-corrected chi connectivity index (χ1v) is 7.92. The van der Waals surface area contributed by atoms with Gasteiger partial charge in [-0.15, -0.1) is 0 Å². The third-order valence-electron chi connectivity index (χ3n) is 5.69. The van der Waals surface area contributed by atoms with Gasteiger partial charge in [0.25, 0.3) is 0 Å². The van der Waals surface area contributed by atoms with Crippen LogP contribution in [0.3, 0.4) is 0 Å². The summed E-state index contributed by atoms with van der Waals surface area (Å²) in [7, 11) is 0. The monoisotopic (exact) mass is 261 g/mol. The lowest BCUT2D eigenvalue weighted by Gasteiger charge is -2.24. The van der Waals surface area contributed by atoms with Crippen molar-refractivity contribution in [1.29, 1.82) is 0 Å². The van der Waals surface area contributed by atoms with Crippen LogP contribution >= 0.6 is 0 Å². The van der Waals surface area contributed by atoms with Crippen molar-refractivity contribution in [3.63, 3.8) is 0 Å². The second kappa shape index (κ2) is 4.58. The minimum Gasteiger partial charge on any atom is -0.339 e. The molecule has 3 saturated carbocycles. The highest BCUT2D eigenvalue weighted by molar-refractivity contribution is 5.12. The average Bonchev–Trinajstić information content (AvgIpc) is 3.14. The first-order valence-electron chi connectivity index (χ1n) is 7.92. The zero-order valence-corrected chi connectivity index (χ0v) is 11.4. The van der Waals surface area contributed by atoms with Gasteiger partial charge in [-0.3, -0.25) is 0 Å². The zero-order valence-electron chi connectivity index (χ0n) is 11.4. The first-order chi connectivity index (χ1) is 9.33. The van der Waals surface area contributed by atoms with Gasteiger partial charge in [-0.1, -0.05) is 24.4 Å². The van der Waals surface area contributed by atoms with Crippen molar-refractivity contribution in [3.8, 4) is 0 Å². The summed E-state index contributed by atoms with van der Waals surface area (Å²) in [5.74, 6) is 4.04. The minimum absolute atomic E-state index is 0.249. The van der Waals surface area contributed by atoms with E-state index in [1.807, 2.05) is 0 Å². The Bertz CT molecular complexity index is 450. The molecule has 0 aromatic carbocycles.